The molecule has 0 N–H and O–H groups in total. The van der Waals surface area contributed by atoms with Gasteiger partial charge in [-0.25, -0.2) is 0 Å². The second-order valence-electron chi connectivity index (χ2n) is 20.3. The van der Waals surface area contributed by atoms with Crippen molar-refractivity contribution in [3.8, 4) is 0 Å². The Balaban J connectivity index is 4.22. The first-order chi connectivity index (χ1) is 32.0. The summed E-state index contributed by atoms with van der Waals surface area (Å²) in [5.74, 6) is -0.833. The summed E-state index contributed by atoms with van der Waals surface area (Å²) < 4.78 is 16.9. The summed E-state index contributed by atoms with van der Waals surface area (Å²) in [6.07, 6.45) is 61.0. The van der Waals surface area contributed by atoms with Crippen molar-refractivity contribution in [3.05, 3.63) is 0 Å². The number of hydrogen-bond acceptors (Lipinski definition) is 6. The van der Waals surface area contributed by atoms with Crippen LogP contribution < -0.4 is 0 Å². The van der Waals surface area contributed by atoms with Gasteiger partial charge in [0.15, 0.2) is 6.10 Å². The highest BCUT2D eigenvalue weighted by molar-refractivity contribution is 5.71. The first kappa shape index (κ1) is 63.4. The van der Waals surface area contributed by atoms with Crippen molar-refractivity contribution in [1.29, 1.82) is 0 Å². The highest BCUT2D eigenvalue weighted by Gasteiger charge is 2.19. The minimum Gasteiger partial charge on any atom is -0.462 e. The van der Waals surface area contributed by atoms with E-state index < -0.39 is 6.10 Å². The number of rotatable bonds is 55. The molecule has 0 rings (SSSR count). The normalized spacial score (nSPS) is 11.9. The average molecular weight is 920 g/mol. The maximum absolute atomic E-state index is 12.9. The molecule has 0 saturated carbocycles. The van der Waals surface area contributed by atoms with E-state index in [0.717, 1.165) is 57.8 Å². The van der Waals surface area contributed by atoms with E-state index in [0.29, 0.717) is 19.3 Å². The van der Waals surface area contributed by atoms with Crippen LogP contribution in [-0.2, 0) is 28.6 Å². The van der Waals surface area contributed by atoms with Crippen LogP contribution in [0.3, 0.4) is 0 Å². The molecular weight excluding hydrogens is 805 g/mol. The van der Waals surface area contributed by atoms with Crippen LogP contribution in [0.2, 0.25) is 0 Å². The maximum Gasteiger partial charge on any atom is 0.306 e. The maximum atomic E-state index is 12.9. The third-order valence-corrected chi connectivity index (χ3v) is 13.6. The van der Waals surface area contributed by atoms with Crippen molar-refractivity contribution in [2.24, 2.45) is 0 Å². The van der Waals surface area contributed by atoms with E-state index in [1.165, 1.54) is 244 Å². The van der Waals surface area contributed by atoms with Gasteiger partial charge < -0.3 is 14.2 Å². The molecule has 65 heavy (non-hydrogen) atoms. The zero-order chi connectivity index (χ0) is 47.2. The van der Waals surface area contributed by atoms with Crippen molar-refractivity contribution in [2.75, 3.05) is 13.2 Å². The minimum atomic E-state index is -0.760. The molecule has 0 spiro atoms. The molecule has 6 heteroatoms. The van der Waals surface area contributed by atoms with Crippen molar-refractivity contribution in [3.63, 3.8) is 0 Å². The Kier molecular flexibility index (Phi) is 53.7. The molecule has 0 aromatic carbocycles. The summed E-state index contributed by atoms with van der Waals surface area (Å²) in [6, 6.07) is 0. The van der Waals surface area contributed by atoms with Crippen LogP contribution in [0.1, 0.15) is 342 Å². The molecule has 0 aromatic rings. The largest absolute Gasteiger partial charge is 0.462 e. The summed E-state index contributed by atoms with van der Waals surface area (Å²) in [5.41, 5.74) is 0. The first-order valence-corrected chi connectivity index (χ1v) is 29.5. The molecule has 0 heterocycles. The number of hydrogen-bond donors (Lipinski definition) is 0. The van der Waals surface area contributed by atoms with Gasteiger partial charge >= 0.3 is 17.9 Å². The molecule has 386 valence electrons. The summed E-state index contributed by atoms with van der Waals surface area (Å²) in [7, 11) is 0. The predicted molar refractivity (Wildman–Crippen MR) is 280 cm³/mol. The first-order valence-electron chi connectivity index (χ1n) is 29.5. The summed E-state index contributed by atoms with van der Waals surface area (Å²) in [5, 5.41) is 0. The van der Waals surface area contributed by atoms with E-state index >= 15 is 0 Å². The Bertz CT molecular complexity index is 967. The van der Waals surface area contributed by atoms with Gasteiger partial charge in [-0.05, 0) is 19.3 Å². The van der Waals surface area contributed by atoms with Crippen LogP contribution in [-0.4, -0.2) is 37.2 Å². The molecule has 0 aliphatic rings. The van der Waals surface area contributed by atoms with Crippen LogP contribution in [0.4, 0.5) is 0 Å². The number of ether oxygens (including phenoxy) is 3. The predicted octanol–water partition coefficient (Wildman–Crippen LogP) is 19.5. The molecule has 0 fully saturated rings. The molecule has 6 nitrogen and oxygen atoms in total. The fraction of sp³-hybridized carbons (Fsp3) is 0.949. The van der Waals surface area contributed by atoms with E-state index in [1.807, 2.05) is 0 Å². The number of carbonyl (C=O) groups excluding carboxylic acids is 3. The molecule has 0 aliphatic heterocycles. The van der Waals surface area contributed by atoms with E-state index in [-0.39, 0.29) is 31.1 Å². The van der Waals surface area contributed by atoms with Gasteiger partial charge in [0, 0.05) is 19.3 Å². The highest BCUT2D eigenvalue weighted by atomic mass is 16.6. The van der Waals surface area contributed by atoms with Gasteiger partial charge in [0.05, 0.1) is 0 Å². The molecule has 0 unspecified atom stereocenters. The Morgan fingerprint density at radius 1 is 0.246 bits per heavy atom. The highest BCUT2D eigenvalue weighted by Crippen LogP contribution is 2.18. The molecule has 0 aliphatic carbocycles. The van der Waals surface area contributed by atoms with E-state index in [9.17, 15) is 14.4 Å². The van der Waals surface area contributed by atoms with Gasteiger partial charge in [0.2, 0.25) is 0 Å². The van der Waals surface area contributed by atoms with Gasteiger partial charge in [-0.15, -0.1) is 0 Å². The topological polar surface area (TPSA) is 78.9 Å². The van der Waals surface area contributed by atoms with Crippen LogP contribution >= 0.6 is 0 Å². The molecule has 0 amide bonds. The molecular formula is C59H114O6. The molecule has 0 aromatic heterocycles. The lowest BCUT2D eigenvalue weighted by molar-refractivity contribution is -0.167. The van der Waals surface area contributed by atoms with Crippen molar-refractivity contribution in [1.82, 2.24) is 0 Å². The fourth-order valence-electron chi connectivity index (χ4n) is 9.15. The molecule has 1 atom stereocenters. The number of unbranched alkanes of at least 4 members (excludes halogenated alkanes) is 44. The van der Waals surface area contributed by atoms with Crippen LogP contribution in [0, 0.1) is 0 Å². The number of carbonyl (C=O) groups is 3. The lowest BCUT2D eigenvalue weighted by Crippen LogP contribution is -2.30. The lowest BCUT2D eigenvalue weighted by atomic mass is 10.0. The molecule has 0 bridgehead atoms. The quantitative estimate of drug-likeness (QED) is 0.0344. The SMILES string of the molecule is CCCCCCCCCCCCCCCCCCCCCCCC(=O)O[C@@H](COC(=O)CCCCCCCCCCCCC)COC(=O)CCCCCCCCCCCCCCCCC. The summed E-state index contributed by atoms with van der Waals surface area (Å²) >= 11 is 0. The van der Waals surface area contributed by atoms with Gasteiger partial charge in [-0.3, -0.25) is 14.4 Å². The Morgan fingerprint density at radius 3 is 0.615 bits per heavy atom. The lowest BCUT2D eigenvalue weighted by Gasteiger charge is -2.18. The van der Waals surface area contributed by atoms with Gasteiger partial charge in [0.25, 0.3) is 0 Å². The Hall–Kier alpha value is -1.59. The van der Waals surface area contributed by atoms with E-state index in [2.05, 4.69) is 20.8 Å². The second-order valence-corrected chi connectivity index (χ2v) is 20.3. The zero-order valence-electron chi connectivity index (χ0n) is 44.3. The Morgan fingerprint density at radius 2 is 0.415 bits per heavy atom. The van der Waals surface area contributed by atoms with Gasteiger partial charge in [-0.2, -0.15) is 0 Å². The van der Waals surface area contributed by atoms with Crippen molar-refractivity contribution >= 4 is 17.9 Å². The summed E-state index contributed by atoms with van der Waals surface area (Å²) in [4.78, 5) is 38.1. The van der Waals surface area contributed by atoms with E-state index in [1.54, 1.807) is 0 Å². The molecule has 0 radical (unpaired) electrons. The van der Waals surface area contributed by atoms with Crippen LogP contribution in [0.5, 0.6) is 0 Å². The number of esters is 3. The smallest absolute Gasteiger partial charge is 0.306 e. The van der Waals surface area contributed by atoms with Crippen molar-refractivity contribution < 1.29 is 28.6 Å². The third-order valence-electron chi connectivity index (χ3n) is 13.6. The van der Waals surface area contributed by atoms with E-state index in [4.69, 9.17) is 14.2 Å². The second kappa shape index (κ2) is 55.0. The average Bonchev–Trinajstić information content (AvgIpc) is 3.30. The minimum absolute atomic E-state index is 0.0612. The van der Waals surface area contributed by atoms with Crippen LogP contribution in [0.25, 0.3) is 0 Å². The monoisotopic (exact) mass is 919 g/mol. The van der Waals surface area contributed by atoms with Crippen LogP contribution in [0.15, 0.2) is 0 Å². The Labute approximate surface area is 406 Å². The molecule has 0 saturated heterocycles. The standard InChI is InChI=1S/C59H114O6/c1-4-7-10-13-16-19-22-24-26-27-28-29-30-31-33-35-38-41-44-47-50-53-59(62)65-56(54-63-57(60)51-48-45-42-39-36-21-18-15-12-9-6-3)55-64-58(61)52-49-46-43-40-37-34-32-25-23-20-17-14-11-8-5-2/h56H,4-55H2,1-3H3/t56-/m0/s1. The summed E-state index contributed by atoms with van der Waals surface area (Å²) in [6.45, 7) is 6.70. The third kappa shape index (κ3) is 53.2. The van der Waals surface area contributed by atoms with Gasteiger partial charge in [0.1, 0.15) is 13.2 Å². The van der Waals surface area contributed by atoms with Crippen molar-refractivity contribution in [2.45, 2.75) is 348 Å². The van der Waals surface area contributed by atoms with Gasteiger partial charge in [-0.1, -0.05) is 303 Å². The fourth-order valence-corrected chi connectivity index (χ4v) is 9.15. The zero-order valence-corrected chi connectivity index (χ0v) is 44.3.